The third kappa shape index (κ3) is 2.51. The third-order valence-electron chi connectivity index (χ3n) is 6.40. The van der Waals surface area contributed by atoms with Crippen LogP contribution in [-0.2, 0) is 21.0 Å². The van der Waals surface area contributed by atoms with Crippen LogP contribution in [0.15, 0.2) is 53.0 Å². The van der Waals surface area contributed by atoms with Gasteiger partial charge in [-0.15, -0.1) is 11.8 Å². The highest BCUT2D eigenvalue weighted by Gasteiger charge is 2.42. The summed E-state index contributed by atoms with van der Waals surface area (Å²) in [4.78, 5) is 13.5. The van der Waals surface area contributed by atoms with Crippen LogP contribution in [0.1, 0.15) is 57.2 Å². The molecule has 26 heavy (non-hydrogen) atoms. The minimum Gasteiger partial charge on any atom is -0.480 e. The molecule has 0 saturated carbocycles. The summed E-state index contributed by atoms with van der Waals surface area (Å²) in [7, 11) is 0. The van der Waals surface area contributed by atoms with Crippen molar-refractivity contribution in [2.45, 2.75) is 56.8 Å². The fourth-order valence-electron chi connectivity index (χ4n) is 4.44. The Morgan fingerprint density at radius 1 is 1.08 bits per heavy atom. The predicted molar refractivity (Wildman–Crippen MR) is 109 cm³/mol. The van der Waals surface area contributed by atoms with E-state index in [4.69, 9.17) is 0 Å². The lowest BCUT2D eigenvalue weighted by atomic mass is 9.62. The molecule has 3 aliphatic rings. The Kier molecular flexibility index (Phi) is 3.82. The van der Waals surface area contributed by atoms with E-state index in [9.17, 15) is 9.90 Å². The van der Waals surface area contributed by atoms with Crippen molar-refractivity contribution >= 4 is 17.7 Å². The first kappa shape index (κ1) is 17.7. The van der Waals surface area contributed by atoms with Crippen molar-refractivity contribution < 1.29 is 9.90 Å². The number of hydrogen-bond acceptors (Lipinski definition) is 2. The average molecular weight is 367 g/mol. The van der Waals surface area contributed by atoms with Gasteiger partial charge in [0.2, 0.25) is 0 Å². The minimum atomic E-state index is -1.07. The number of thioether (sulfide) groups is 1. The van der Waals surface area contributed by atoms with Gasteiger partial charge in [0.15, 0.2) is 0 Å². The molecule has 1 heterocycles. The molecule has 4 rings (SSSR count). The summed E-state index contributed by atoms with van der Waals surface area (Å²) >= 11 is 1.72. The van der Waals surface area contributed by atoms with Crippen LogP contribution in [0, 0.1) is 0 Å². The molecule has 1 atom stereocenters. The molecule has 2 nitrogen and oxygen atoms in total. The topological polar surface area (TPSA) is 37.3 Å². The smallest absolute Gasteiger partial charge is 0.322 e. The van der Waals surface area contributed by atoms with Gasteiger partial charge in [-0.2, -0.15) is 0 Å². The lowest BCUT2D eigenvalue weighted by molar-refractivity contribution is -0.140. The molecule has 0 bridgehead atoms. The van der Waals surface area contributed by atoms with E-state index in [2.05, 4.69) is 45.9 Å². The highest BCUT2D eigenvalue weighted by Crippen LogP contribution is 2.48. The van der Waals surface area contributed by atoms with Crippen LogP contribution in [0.25, 0.3) is 0 Å². The van der Waals surface area contributed by atoms with Crippen LogP contribution >= 0.6 is 11.8 Å². The number of aliphatic carboxylic acids is 1. The second-order valence-corrected chi connectivity index (χ2v) is 10.1. The Morgan fingerprint density at radius 2 is 1.77 bits per heavy atom. The maximum atomic E-state index is 12.4. The molecule has 0 aromatic heterocycles. The Morgan fingerprint density at radius 3 is 2.46 bits per heavy atom. The largest absolute Gasteiger partial charge is 0.480 e. The zero-order chi connectivity index (χ0) is 18.7. The second kappa shape index (κ2) is 5.63. The van der Waals surface area contributed by atoms with E-state index < -0.39 is 11.4 Å². The fraction of sp³-hybridized carbons (Fsp3) is 0.435. The van der Waals surface area contributed by atoms with E-state index in [1.54, 1.807) is 11.8 Å². The molecule has 1 aliphatic heterocycles. The van der Waals surface area contributed by atoms with Crippen molar-refractivity contribution in [2.24, 2.45) is 0 Å². The number of benzene rings is 1. The molecule has 0 amide bonds. The van der Waals surface area contributed by atoms with Crippen molar-refractivity contribution in [3.8, 4) is 0 Å². The maximum Gasteiger partial charge on any atom is 0.322 e. The van der Waals surface area contributed by atoms with Crippen molar-refractivity contribution in [3.05, 3.63) is 69.7 Å². The molecule has 1 unspecified atom stereocenters. The van der Waals surface area contributed by atoms with Crippen molar-refractivity contribution in [1.29, 1.82) is 0 Å². The van der Waals surface area contributed by atoms with Gasteiger partial charge in [0.05, 0.1) is 0 Å². The van der Waals surface area contributed by atoms with Crippen LogP contribution in [0.4, 0.5) is 0 Å². The number of hydrogen-bond donors (Lipinski definition) is 1. The van der Waals surface area contributed by atoms with E-state index in [1.807, 2.05) is 24.3 Å². The summed E-state index contributed by atoms with van der Waals surface area (Å²) in [6.07, 6.45) is 10.2. The monoisotopic (exact) mass is 366 g/mol. The van der Waals surface area contributed by atoms with Gasteiger partial charge >= 0.3 is 5.97 Å². The van der Waals surface area contributed by atoms with Crippen molar-refractivity contribution in [3.63, 3.8) is 0 Å². The Balaban J connectivity index is 1.90. The van der Waals surface area contributed by atoms with Crippen LogP contribution in [0.2, 0.25) is 0 Å². The second-order valence-electron chi connectivity index (χ2n) is 9.01. The zero-order valence-electron chi connectivity index (χ0n) is 15.9. The summed E-state index contributed by atoms with van der Waals surface area (Å²) in [6, 6.07) is 6.38. The fourth-order valence-corrected chi connectivity index (χ4v) is 5.47. The molecule has 136 valence electrons. The lowest BCUT2D eigenvalue weighted by Gasteiger charge is -2.42. The molecular formula is C23H26O2S. The molecule has 0 fully saturated rings. The lowest BCUT2D eigenvalue weighted by Crippen LogP contribution is -2.37. The molecule has 1 aromatic rings. The van der Waals surface area contributed by atoms with Crippen LogP contribution in [-0.4, -0.2) is 16.8 Å². The highest BCUT2D eigenvalue weighted by molar-refractivity contribution is 8.03. The number of carbonyl (C=O) groups is 1. The Bertz CT molecular complexity index is 885. The molecule has 3 heteroatoms. The molecule has 0 radical (unpaired) electrons. The van der Waals surface area contributed by atoms with Crippen LogP contribution in [0.3, 0.4) is 0 Å². The van der Waals surface area contributed by atoms with Crippen LogP contribution in [0.5, 0.6) is 0 Å². The normalized spacial score (nSPS) is 28.0. The summed E-state index contributed by atoms with van der Waals surface area (Å²) in [5.74, 6) is 0.118. The van der Waals surface area contributed by atoms with Gasteiger partial charge in [-0.25, -0.2) is 0 Å². The number of allylic oxidation sites excluding steroid dienone is 2. The van der Waals surface area contributed by atoms with Gasteiger partial charge in [0, 0.05) is 10.7 Å². The first-order valence-electron chi connectivity index (χ1n) is 9.30. The van der Waals surface area contributed by atoms with E-state index >= 15 is 0 Å². The standard InChI is InChI=1S/C23H26O2S/c1-21(2)10-11-22(3,4)18-13-16(5-6-17(18)21)23(20(24)25)9-7-15-8-12-26-19(15)14-23/h5-9,13-14H,10-12H2,1-4H3,(H,24,25). The van der Waals surface area contributed by atoms with Gasteiger partial charge in [0.25, 0.3) is 0 Å². The number of carboxylic acids is 1. The SMILES string of the molecule is CC1(C)CCC(C)(C)c2cc(C3(C(=O)O)C=CC4=CCSC4=C3)ccc21. The summed E-state index contributed by atoms with van der Waals surface area (Å²) in [5.41, 5.74) is 3.82. The molecule has 2 aliphatic carbocycles. The Hall–Kier alpha value is -1.74. The van der Waals surface area contributed by atoms with Gasteiger partial charge in [-0.05, 0) is 52.0 Å². The van der Waals surface area contributed by atoms with Gasteiger partial charge in [0.1, 0.15) is 5.41 Å². The first-order valence-corrected chi connectivity index (χ1v) is 10.3. The molecule has 1 aromatic carbocycles. The summed E-state index contributed by atoms with van der Waals surface area (Å²) in [6.45, 7) is 9.15. The summed E-state index contributed by atoms with van der Waals surface area (Å²) in [5, 5.41) is 10.2. The molecular weight excluding hydrogens is 340 g/mol. The number of rotatable bonds is 2. The van der Waals surface area contributed by atoms with Crippen molar-refractivity contribution in [2.75, 3.05) is 5.75 Å². The molecule has 0 saturated heterocycles. The molecule has 0 spiro atoms. The molecule has 1 N–H and O–H groups in total. The van der Waals surface area contributed by atoms with Crippen molar-refractivity contribution in [1.82, 2.24) is 0 Å². The zero-order valence-corrected chi connectivity index (χ0v) is 16.7. The predicted octanol–water partition coefficient (Wildman–Crippen LogP) is 5.48. The quantitative estimate of drug-likeness (QED) is 0.752. The minimum absolute atomic E-state index is 0.0687. The average Bonchev–Trinajstić information content (AvgIpc) is 3.06. The van der Waals surface area contributed by atoms with E-state index in [1.165, 1.54) is 11.1 Å². The number of carboxylic acid groups (broad SMARTS) is 1. The van der Waals surface area contributed by atoms with Gasteiger partial charge < -0.3 is 5.11 Å². The van der Waals surface area contributed by atoms with E-state index in [0.717, 1.165) is 34.6 Å². The highest BCUT2D eigenvalue weighted by atomic mass is 32.2. The van der Waals surface area contributed by atoms with Gasteiger partial charge in [-0.3, -0.25) is 4.79 Å². The summed E-state index contributed by atoms with van der Waals surface area (Å²) < 4.78 is 0. The Labute approximate surface area is 160 Å². The van der Waals surface area contributed by atoms with E-state index in [0.29, 0.717) is 0 Å². The van der Waals surface area contributed by atoms with E-state index in [-0.39, 0.29) is 10.8 Å². The number of fused-ring (bicyclic) bond motifs is 2. The van der Waals surface area contributed by atoms with Crippen LogP contribution < -0.4 is 0 Å². The maximum absolute atomic E-state index is 12.4. The van der Waals surface area contributed by atoms with Gasteiger partial charge in [-0.1, -0.05) is 64.1 Å². The first-order chi connectivity index (χ1) is 12.2. The third-order valence-corrected chi connectivity index (χ3v) is 7.39.